The van der Waals surface area contributed by atoms with Crippen LogP contribution in [0.2, 0.25) is 0 Å². The molecule has 0 bridgehead atoms. The van der Waals surface area contributed by atoms with Gasteiger partial charge in [0, 0.05) is 30.9 Å². The molecule has 0 atom stereocenters. The van der Waals surface area contributed by atoms with Crippen LogP contribution in [0.5, 0.6) is 0 Å². The Morgan fingerprint density at radius 1 is 1.41 bits per heavy atom. The average Bonchev–Trinajstić information content (AvgIpc) is 3.12. The van der Waals surface area contributed by atoms with E-state index in [-0.39, 0.29) is 12.4 Å². The smallest absolute Gasteiger partial charge is 0.129 e. The summed E-state index contributed by atoms with van der Waals surface area (Å²) in [5.41, 5.74) is 7.31. The maximum absolute atomic E-state index is 13.7. The number of anilines is 1. The topological polar surface area (TPSA) is 29.3 Å². The molecule has 0 spiro atoms. The summed E-state index contributed by atoms with van der Waals surface area (Å²) in [5, 5.41) is 0. The molecule has 1 fully saturated rings. The summed E-state index contributed by atoms with van der Waals surface area (Å²) in [7, 11) is 0. The zero-order valence-electron chi connectivity index (χ0n) is 10.5. The number of rotatable bonds is 6. The first-order valence-corrected chi connectivity index (χ1v) is 6.48. The maximum atomic E-state index is 13.7. The Morgan fingerprint density at radius 2 is 2.18 bits per heavy atom. The van der Waals surface area contributed by atoms with Crippen molar-refractivity contribution < 1.29 is 4.39 Å². The van der Waals surface area contributed by atoms with Crippen LogP contribution in [0.25, 0.3) is 0 Å². The zero-order chi connectivity index (χ0) is 12.3. The molecule has 94 valence electrons. The van der Waals surface area contributed by atoms with Gasteiger partial charge >= 0.3 is 0 Å². The lowest BCUT2D eigenvalue weighted by atomic mass is 10.1. The van der Waals surface area contributed by atoms with E-state index in [0.717, 1.165) is 31.1 Å². The van der Waals surface area contributed by atoms with Gasteiger partial charge in [-0.25, -0.2) is 4.39 Å². The molecule has 0 radical (unpaired) electrons. The first kappa shape index (κ1) is 12.4. The Kier molecular flexibility index (Phi) is 4.00. The van der Waals surface area contributed by atoms with Crippen LogP contribution < -0.4 is 10.6 Å². The Hall–Kier alpha value is -1.09. The molecule has 1 saturated carbocycles. The summed E-state index contributed by atoms with van der Waals surface area (Å²) in [5.74, 6) is 0.623. The van der Waals surface area contributed by atoms with Gasteiger partial charge in [-0.1, -0.05) is 13.0 Å². The van der Waals surface area contributed by atoms with Crippen LogP contribution in [0.3, 0.4) is 0 Å². The minimum Gasteiger partial charge on any atom is -0.371 e. The summed E-state index contributed by atoms with van der Waals surface area (Å²) in [6, 6.07) is 5.26. The second-order valence-corrected chi connectivity index (χ2v) is 4.83. The largest absolute Gasteiger partial charge is 0.371 e. The third-order valence-electron chi connectivity index (χ3n) is 3.31. The highest BCUT2D eigenvalue weighted by Gasteiger charge is 2.25. The van der Waals surface area contributed by atoms with Crippen molar-refractivity contribution in [3.63, 3.8) is 0 Å². The molecule has 0 aromatic heterocycles. The van der Waals surface area contributed by atoms with Crippen molar-refractivity contribution in [3.8, 4) is 0 Å². The van der Waals surface area contributed by atoms with E-state index in [1.807, 2.05) is 6.07 Å². The fourth-order valence-electron chi connectivity index (χ4n) is 2.24. The SMILES string of the molecule is CCCN(CC1CC1)c1cccc(F)c1CN. The van der Waals surface area contributed by atoms with Gasteiger partial charge in [-0.05, 0) is 37.3 Å². The normalized spacial score (nSPS) is 15.0. The van der Waals surface area contributed by atoms with Gasteiger partial charge in [0.1, 0.15) is 5.82 Å². The molecule has 1 aliphatic rings. The van der Waals surface area contributed by atoms with Crippen molar-refractivity contribution in [2.45, 2.75) is 32.7 Å². The molecule has 2 N–H and O–H groups in total. The van der Waals surface area contributed by atoms with Crippen molar-refractivity contribution >= 4 is 5.69 Å². The Labute approximate surface area is 103 Å². The van der Waals surface area contributed by atoms with Gasteiger partial charge in [-0.2, -0.15) is 0 Å². The van der Waals surface area contributed by atoms with Crippen LogP contribution in [-0.2, 0) is 6.54 Å². The van der Waals surface area contributed by atoms with Crippen LogP contribution in [0.15, 0.2) is 18.2 Å². The molecule has 17 heavy (non-hydrogen) atoms. The number of nitrogens with zero attached hydrogens (tertiary/aromatic N) is 1. The standard InChI is InChI=1S/C14H21FN2/c1-2-8-17(10-11-6-7-11)14-5-3-4-13(15)12(14)9-16/h3-5,11H,2,6-10,16H2,1H3. The van der Waals surface area contributed by atoms with Crippen LogP contribution in [0.4, 0.5) is 10.1 Å². The van der Waals surface area contributed by atoms with Crippen molar-refractivity contribution in [2.24, 2.45) is 11.7 Å². The predicted molar refractivity (Wildman–Crippen MR) is 69.5 cm³/mol. The summed E-state index contributed by atoms with van der Waals surface area (Å²) >= 11 is 0. The quantitative estimate of drug-likeness (QED) is 0.823. The van der Waals surface area contributed by atoms with Crippen molar-refractivity contribution in [3.05, 3.63) is 29.6 Å². The molecular weight excluding hydrogens is 215 g/mol. The highest BCUT2D eigenvalue weighted by atomic mass is 19.1. The fourth-order valence-corrected chi connectivity index (χ4v) is 2.24. The summed E-state index contributed by atoms with van der Waals surface area (Å²) in [6.07, 6.45) is 3.70. The summed E-state index contributed by atoms with van der Waals surface area (Å²) in [6.45, 7) is 4.45. The molecule has 2 rings (SSSR count). The van der Waals surface area contributed by atoms with Gasteiger partial charge in [0.25, 0.3) is 0 Å². The highest BCUT2D eigenvalue weighted by molar-refractivity contribution is 5.54. The molecule has 1 aliphatic carbocycles. The van der Waals surface area contributed by atoms with E-state index >= 15 is 0 Å². The van der Waals surface area contributed by atoms with E-state index in [0.29, 0.717) is 5.56 Å². The maximum Gasteiger partial charge on any atom is 0.129 e. The number of benzene rings is 1. The van der Waals surface area contributed by atoms with Crippen LogP contribution in [0, 0.1) is 11.7 Å². The first-order chi connectivity index (χ1) is 8.26. The van der Waals surface area contributed by atoms with E-state index < -0.39 is 0 Å². The third kappa shape index (κ3) is 2.97. The Morgan fingerprint density at radius 3 is 2.76 bits per heavy atom. The van der Waals surface area contributed by atoms with Gasteiger partial charge in [-0.15, -0.1) is 0 Å². The van der Waals surface area contributed by atoms with Gasteiger partial charge in [0.2, 0.25) is 0 Å². The van der Waals surface area contributed by atoms with E-state index in [1.54, 1.807) is 6.07 Å². The van der Waals surface area contributed by atoms with E-state index in [2.05, 4.69) is 11.8 Å². The van der Waals surface area contributed by atoms with E-state index in [1.165, 1.54) is 18.9 Å². The number of hydrogen-bond donors (Lipinski definition) is 1. The molecule has 3 heteroatoms. The summed E-state index contributed by atoms with van der Waals surface area (Å²) in [4.78, 5) is 2.29. The third-order valence-corrected chi connectivity index (χ3v) is 3.31. The number of halogens is 1. The number of hydrogen-bond acceptors (Lipinski definition) is 2. The zero-order valence-corrected chi connectivity index (χ0v) is 10.5. The summed E-state index contributed by atoms with van der Waals surface area (Å²) < 4.78 is 13.7. The molecule has 0 aliphatic heterocycles. The van der Waals surface area contributed by atoms with Crippen molar-refractivity contribution in [2.75, 3.05) is 18.0 Å². The fraction of sp³-hybridized carbons (Fsp3) is 0.571. The number of nitrogens with two attached hydrogens (primary N) is 1. The highest BCUT2D eigenvalue weighted by Crippen LogP contribution is 2.33. The van der Waals surface area contributed by atoms with Gasteiger partial charge in [-0.3, -0.25) is 0 Å². The monoisotopic (exact) mass is 236 g/mol. The Balaban J connectivity index is 2.23. The molecule has 2 nitrogen and oxygen atoms in total. The molecule has 1 aromatic rings. The molecule has 0 amide bonds. The molecule has 1 aromatic carbocycles. The molecular formula is C14H21FN2. The lowest BCUT2D eigenvalue weighted by molar-refractivity contribution is 0.606. The minimum atomic E-state index is -0.179. The Bertz CT molecular complexity index is 374. The second kappa shape index (κ2) is 5.50. The van der Waals surface area contributed by atoms with Crippen LogP contribution in [-0.4, -0.2) is 13.1 Å². The van der Waals surface area contributed by atoms with Gasteiger partial charge in [0.05, 0.1) is 0 Å². The van der Waals surface area contributed by atoms with Gasteiger partial charge < -0.3 is 10.6 Å². The van der Waals surface area contributed by atoms with Crippen molar-refractivity contribution in [1.82, 2.24) is 0 Å². The minimum absolute atomic E-state index is 0.179. The van der Waals surface area contributed by atoms with E-state index in [9.17, 15) is 4.39 Å². The van der Waals surface area contributed by atoms with Gasteiger partial charge in [0.15, 0.2) is 0 Å². The van der Waals surface area contributed by atoms with Crippen molar-refractivity contribution in [1.29, 1.82) is 0 Å². The molecule has 0 unspecified atom stereocenters. The lowest BCUT2D eigenvalue weighted by Crippen LogP contribution is -2.28. The molecule has 0 saturated heterocycles. The second-order valence-electron chi connectivity index (χ2n) is 4.83. The first-order valence-electron chi connectivity index (χ1n) is 6.48. The van der Waals surface area contributed by atoms with Crippen LogP contribution >= 0.6 is 0 Å². The average molecular weight is 236 g/mol. The molecule has 0 heterocycles. The van der Waals surface area contributed by atoms with E-state index in [4.69, 9.17) is 5.73 Å². The van der Waals surface area contributed by atoms with Crippen LogP contribution in [0.1, 0.15) is 31.7 Å². The predicted octanol–water partition coefficient (Wildman–Crippen LogP) is 2.91. The lowest BCUT2D eigenvalue weighted by Gasteiger charge is -2.26.